The smallest absolute Gasteiger partial charge is 0.226 e. The van der Waals surface area contributed by atoms with Crippen molar-refractivity contribution in [2.45, 2.75) is 26.2 Å². The number of aromatic nitrogens is 6. The second kappa shape index (κ2) is 6.16. The van der Waals surface area contributed by atoms with Crippen LogP contribution in [0.25, 0.3) is 11.5 Å². The minimum atomic E-state index is -0.649. The van der Waals surface area contributed by atoms with Crippen molar-refractivity contribution in [1.29, 1.82) is 0 Å². The summed E-state index contributed by atoms with van der Waals surface area (Å²) in [5.41, 5.74) is 1.93. The van der Waals surface area contributed by atoms with Crippen LogP contribution in [0, 0.1) is 25.5 Å². The van der Waals surface area contributed by atoms with Gasteiger partial charge in [-0.3, -0.25) is 4.79 Å². The molecule has 3 aromatic heterocycles. The molecule has 1 amide bonds. The SMILES string of the molecule is Cc1nn(-c2ccc3nnc(C)n3n2)c2c1[C@H](c1cc(F)ccc1F)CC(=O)N2. The molecule has 1 aromatic carbocycles. The van der Waals surface area contributed by atoms with Crippen LogP contribution in [0.1, 0.15) is 35.0 Å². The van der Waals surface area contributed by atoms with Crippen LogP contribution in [0.5, 0.6) is 0 Å². The Bertz CT molecular complexity index is 1290. The number of carbonyl (C=O) groups excluding carboxylic acids is 1. The molecule has 0 saturated heterocycles. The van der Waals surface area contributed by atoms with E-state index in [9.17, 15) is 13.6 Å². The quantitative estimate of drug-likeness (QED) is 0.564. The predicted octanol–water partition coefficient (Wildman–Crippen LogP) is 2.68. The van der Waals surface area contributed by atoms with Crippen LogP contribution < -0.4 is 5.32 Å². The van der Waals surface area contributed by atoms with Gasteiger partial charge in [0.1, 0.15) is 17.5 Å². The number of hydrogen-bond acceptors (Lipinski definition) is 5. The van der Waals surface area contributed by atoms with Crippen molar-refractivity contribution in [3.63, 3.8) is 0 Å². The molecular weight excluding hydrogens is 380 g/mol. The number of aryl methyl sites for hydroxylation is 2. The van der Waals surface area contributed by atoms with E-state index >= 15 is 0 Å². The molecular formula is C19H15F2N7O. The summed E-state index contributed by atoms with van der Waals surface area (Å²) in [5, 5.41) is 19.8. The van der Waals surface area contributed by atoms with Gasteiger partial charge >= 0.3 is 0 Å². The molecule has 29 heavy (non-hydrogen) atoms. The molecule has 1 atom stereocenters. The molecule has 10 heteroatoms. The summed E-state index contributed by atoms with van der Waals surface area (Å²) < 4.78 is 31.3. The van der Waals surface area contributed by atoms with Gasteiger partial charge in [-0.05, 0) is 49.7 Å². The lowest BCUT2D eigenvalue weighted by Crippen LogP contribution is -2.25. The van der Waals surface area contributed by atoms with Crippen LogP contribution in [0.2, 0.25) is 0 Å². The monoisotopic (exact) mass is 395 g/mol. The van der Waals surface area contributed by atoms with E-state index in [-0.39, 0.29) is 17.9 Å². The summed E-state index contributed by atoms with van der Waals surface area (Å²) in [6.45, 7) is 3.53. The largest absolute Gasteiger partial charge is 0.310 e. The first-order chi connectivity index (χ1) is 13.9. The van der Waals surface area contributed by atoms with Gasteiger partial charge < -0.3 is 5.32 Å². The Balaban J connectivity index is 1.70. The number of halogens is 2. The standard InChI is InChI=1S/C19H15F2N7O/c1-9-18-13(12-7-11(20)3-4-14(12)21)8-17(29)22-19(18)28(25-9)16-6-5-15-24-23-10(2)27(15)26-16/h3-7,13H,8H2,1-2H3,(H,22,29)/t13-/m0/s1. The lowest BCUT2D eigenvalue weighted by molar-refractivity contribution is -0.116. The van der Waals surface area contributed by atoms with E-state index in [1.54, 1.807) is 30.5 Å². The number of nitrogens with zero attached hydrogens (tertiary/aromatic N) is 6. The molecule has 0 radical (unpaired) electrons. The number of benzene rings is 1. The Labute approximate surface area is 163 Å². The summed E-state index contributed by atoms with van der Waals surface area (Å²) in [7, 11) is 0. The molecule has 0 fully saturated rings. The van der Waals surface area contributed by atoms with Gasteiger partial charge in [-0.2, -0.15) is 14.3 Å². The average molecular weight is 395 g/mol. The summed E-state index contributed by atoms with van der Waals surface area (Å²) in [6, 6.07) is 6.69. The van der Waals surface area contributed by atoms with Crippen molar-refractivity contribution in [3.05, 3.63) is 64.6 Å². The highest BCUT2D eigenvalue weighted by molar-refractivity contribution is 5.95. The Morgan fingerprint density at radius 2 is 1.93 bits per heavy atom. The second-order valence-electron chi connectivity index (χ2n) is 6.94. The fourth-order valence-electron chi connectivity index (χ4n) is 3.76. The Morgan fingerprint density at radius 3 is 2.76 bits per heavy atom. The molecule has 146 valence electrons. The van der Waals surface area contributed by atoms with Gasteiger partial charge in [-0.1, -0.05) is 0 Å². The Hall–Kier alpha value is -3.69. The molecule has 1 N–H and O–H groups in total. The molecule has 0 bridgehead atoms. The van der Waals surface area contributed by atoms with E-state index in [1.165, 1.54) is 4.68 Å². The van der Waals surface area contributed by atoms with Crippen LogP contribution in [0.4, 0.5) is 14.6 Å². The van der Waals surface area contributed by atoms with Crippen LogP contribution in [0.15, 0.2) is 30.3 Å². The maximum atomic E-state index is 14.5. The fraction of sp³-hybridized carbons (Fsp3) is 0.211. The molecule has 0 saturated carbocycles. The van der Waals surface area contributed by atoms with E-state index in [4.69, 9.17) is 0 Å². The minimum Gasteiger partial charge on any atom is -0.310 e. The zero-order valence-electron chi connectivity index (χ0n) is 15.5. The predicted molar refractivity (Wildman–Crippen MR) is 98.8 cm³/mol. The van der Waals surface area contributed by atoms with Crippen molar-refractivity contribution in [2.24, 2.45) is 0 Å². The molecule has 0 aliphatic carbocycles. The van der Waals surface area contributed by atoms with E-state index < -0.39 is 17.6 Å². The highest BCUT2D eigenvalue weighted by Gasteiger charge is 2.34. The van der Waals surface area contributed by atoms with Crippen molar-refractivity contribution in [1.82, 2.24) is 29.6 Å². The minimum absolute atomic E-state index is 0.00306. The number of amides is 1. The summed E-state index contributed by atoms with van der Waals surface area (Å²) >= 11 is 0. The molecule has 1 aliphatic rings. The van der Waals surface area contributed by atoms with E-state index in [0.29, 0.717) is 34.4 Å². The molecule has 4 aromatic rings. The van der Waals surface area contributed by atoms with Crippen molar-refractivity contribution in [3.8, 4) is 5.82 Å². The van der Waals surface area contributed by atoms with Gasteiger partial charge in [0.25, 0.3) is 0 Å². The van der Waals surface area contributed by atoms with Gasteiger partial charge in [0.05, 0.1) is 5.69 Å². The van der Waals surface area contributed by atoms with Crippen molar-refractivity contribution in [2.75, 3.05) is 5.32 Å². The van der Waals surface area contributed by atoms with Gasteiger partial charge in [0.15, 0.2) is 17.3 Å². The normalized spacial score (nSPS) is 16.1. The fourth-order valence-corrected chi connectivity index (χ4v) is 3.76. The van der Waals surface area contributed by atoms with Crippen molar-refractivity contribution >= 4 is 17.4 Å². The number of carbonyl (C=O) groups is 1. The average Bonchev–Trinajstić information content (AvgIpc) is 3.23. The molecule has 0 unspecified atom stereocenters. The summed E-state index contributed by atoms with van der Waals surface area (Å²) in [6.07, 6.45) is -0.00306. The third kappa shape index (κ3) is 2.67. The third-order valence-corrected chi connectivity index (χ3v) is 5.06. The van der Waals surface area contributed by atoms with Crippen LogP contribution in [0.3, 0.4) is 0 Å². The van der Waals surface area contributed by atoms with Crippen LogP contribution in [-0.4, -0.2) is 35.5 Å². The molecule has 1 aliphatic heterocycles. The lowest BCUT2D eigenvalue weighted by Gasteiger charge is -2.24. The third-order valence-electron chi connectivity index (χ3n) is 5.06. The van der Waals surface area contributed by atoms with Crippen molar-refractivity contribution < 1.29 is 13.6 Å². The number of anilines is 1. The number of hydrogen-bond donors (Lipinski definition) is 1. The first-order valence-corrected chi connectivity index (χ1v) is 8.96. The number of fused-ring (bicyclic) bond motifs is 2. The van der Waals surface area contributed by atoms with Crippen LogP contribution >= 0.6 is 0 Å². The summed E-state index contributed by atoms with van der Waals surface area (Å²) in [5.74, 6) is -0.658. The highest BCUT2D eigenvalue weighted by Crippen LogP contribution is 2.41. The maximum Gasteiger partial charge on any atom is 0.226 e. The first kappa shape index (κ1) is 17.4. The van der Waals surface area contributed by atoms with E-state index in [1.807, 2.05) is 0 Å². The Morgan fingerprint density at radius 1 is 1.10 bits per heavy atom. The van der Waals surface area contributed by atoms with E-state index in [0.717, 1.165) is 18.2 Å². The highest BCUT2D eigenvalue weighted by atomic mass is 19.1. The Kier molecular flexibility index (Phi) is 3.70. The number of rotatable bonds is 2. The first-order valence-electron chi connectivity index (χ1n) is 8.96. The van der Waals surface area contributed by atoms with E-state index in [2.05, 4.69) is 25.7 Å². The molecule has 4 heterocycles. The topological polar surface area (TPSA) is 90.0 Å². The maximum absolute atomic E-state index is 14.5. The lowest BCUT2D eigenvalue weighted by atomic mass is 9.85. The van der Waals surface area contributed by atoms with Gasteiger partial charge in [0, 0.05) is 17.9 Å². The molecule has 5 rings (SSSR count). The summed E-state index contributed by atoms with van der Waals surface area (Å²) in [4.78, 5) is 12.4. The van der Waals surface area contributed by atoms with Gasteiger partial charge in [-0.15, -0.1) is 15.3 Å². The second-order valence-corrected chi connectivity index (χ2v) is 6.94. The zero-order chi connectivity index (χ0) is 20.3. The van der Waals surface area contributed by atoms with Gasteiger partial charge in [0.2, 0.25) is 5.91 Å². The zero-order valence-corrected chi connectivity index (χ0v) is 15.5. The van der Waals surface area contributed by atoms with Gasteiger partial charge in [-0.25, -0.2) is 8.78 Å². The molecule has 0 spiro atoms. The number of nitrogens with one attached hydrogen (secondary N) is 1. The molecule has 8 nitrogen and oxygen atoms in total. The van der Waals surface area contributed by atoms with Crippen LogP contribution in [-0.2, 0) is 4.79 Å².